The lowest BCUT2D eigenvalue weighted by Crippen LogP contribution is -2.48. The van der Waals surface area contributed by atoms with E-state index >= 15 is 0 Å². The highest BCUT2D eigenvalue weighted by atomic mass is 16.2. The molecule has 0 atom stereocenters. The van der Waals surface area contributed by atoms with Crippen LogP contribution in [0.2, 0.25) is 0 Å². The van der Waals surface area contributed by atoms with Crippen molar-refractivity contribution in [1.82, 2.24) is 44.2 Å². The van der Waals surface area contributed by atoms with E-state index in [0.29, 0.717) is 0 Å². The van der Waals surface area contributed by atoms with Gasteiger partial charge in [0.1, 0.15) is 5.82 Å². The van der Waals surface area contributed by atoms with Crippen molar-refractivity contribution in [3.8, 4) is 11.8 Å². The van der Waals surface area contributed by atoms with Crippen LogP contribution in [0.25, 0.3) is 0 Å². The zero-order valence-electron chi connectivity index (χ0n) is 61.1. The molecular formula is C78H129N11O. The van der Waals surface area contributed by atoms with Crippen molar-refractivity contribution in [3.63, 3.8) is 0 Å². The number of aromatic nitrogens is 1. The van der Waals surface area contributed by atoms with Crippen LogP contribution in [0, 0.1) is 17.3 Å². The molecule has 1 aromatic heterocycles. The van der Waals surface area contributed by atoms with Crippen molar-refractivity contribution in [2.75, 3.05) is 180 Å². The minimum atomic E-state index is 0.133. The van der Waals surface area contributed by atoms with Crippen LogP contribution < -0.4 is 9.80 Å². The lowest BCUT2D eigenvalue weighted by molar-refractivity contribution is 0.0643. The summed E-state index contributed by atoms with van der Waals surface area (Å²) in [6.45, 7) is 74.7. The molecule has 1 amide bonds. The molecule has 0 N–H and O–H groups in total. The molecule has 4 aromatic rings. The van der Waals surface area contributed by atoms with Crippen molar-refractivity contribution >= 4 is 17.4 Å². The Morgan fingerprint density at radius 1 is 0.378 bits per heavy atom. The third-order valence-electron chi connectivity index (χ3n) is 18.6. The number of likely N-dealkylation sites (N-methyl/N-ethyl adjacent to an activating group) is 5. The summed E-state index contributed by atoms with van der Waals surface area (Å²) in [5, 5.41) is 0. The van der Waals surface area contributed by atoms with Crippen LogP contribution in [0.5, 0.6) is 0 Å². The van der Waals surface area contributed by atoms with Crippen LogP contribution in [0.15, 0.2) is 91.1 Å². The molecule has 3 aromatic carbocycles. The maximum Gasteiger partial charge on any atom is 0.253 e. The molecule has 9 rings (SSSR count). The third kappa shape index (κ3) is 26.3. The lowest BCUT2D eigenvalue weighted by atomic mass is 9.86. The number of carbonyl (C=O) groups is 1. The Labute approximate surface area is 552 Å². The lowest BCUT2D eigenvalue weighted by Gasteiger charge is -2.35. The molecule has 5 fully saturated rings. The van der Waals surface area contributed by atoms with E-state index in [4.69, 9.17) is 0 Å². The Kier molecular flexibility index (Phi) is 30.3. The quantitative estimate of drug-likeness (QED) is 0.135. The molecule has 0 spiro atoms. The highest BCUT2D eigenvalue weighted by Gasteiger charge is 2.25. The van der Waals surface area contributed by atoms with E-state index in [9.17, 15) is 4.79 Å². The summed E-state index contributed by atoms with van der Waals surface area (Å²) in [7, 11) is 0. The second-order valence-corrected chi connectivity index (χ2v) is 30.8. The van der Waals surface area contributed by atoms with Crippen LogP contribution in [0.4, 0.5) is 11.5 Å². The highest BCUT2D eigenvalue weighted by Crippen LogP contribution is 2.28. The van der Waals surface area contributed by atoms with E-state index in [0.717, 1.165) is 103 Å². The average molecular weight is 1240 g/mol. The van der Waals surface area contributed by atoms with Gasteiger partial charge >= 0.3 is 0 Å². The van der Waals surface area contributed by atoms with Gasteiger partial charge in [-0.1, -0.05) is 184 Å². The molecule has 5 aliphatic heterocycles. The predicted molar refractivity (Wildman–Crippen MR) is 388 cm³/mol. The zero-order chi connectivity index (χ0) is 66.3. The summed E-state index contributed by atoms with van der Waals surface area (Å²) in [4.78, 5) is 41.4. The summed E-state index contributed by atoms with van der Waals surface area (Å²) < 4.78 is 0. The van der Waals surface area contributed by atoms with Gasteiger partial charge in [0.15, 0.2) is 0 Å². The Balaban J connectivity index is 0.000000205. The number of pyridine rings is 1. The van der Waals surface area contributed by atoms with Gasteiger partial charge in [0.2, 0.25) is 0 Å². The number of benzene rings is 3. The maximum absolute atomic E-state index is 12.5. The summed E-state index contributed by atoms with van der Waals surface area (Å²) in [5.74, 6) is 7.87. The fourth-order valence-electron chi connectivity index (χ4n) is 11.7. The third-order valence-corrected chi connectivity index (χ3v) is 18.6. The second-order valence-electron chi connectivity index (χ2n) is 30.8. The first-order valence-corrected chi connectivity index (χ1v) is 35.1. The normalized spacial score (nSPS) is 18.3. The molecule has 5 aliphatic rings. The SMILES string of the molecule is CCN1CCN(C(=O)c2ccc(C(C)(C)C)cc2)CC1.CCN1CCN(CC#CC(C)(C)C)CC1.CCN1CCN(Cc2ccc(C(C)(C)C)cc2)CC1.CCN1CCN(c2ccc(C(C)(C)C)cc2)CC1.CCN1CCN(c2ccc(C(C)(C)C)cn2)CC1. The Morgan fingerprint density at radius 2 is 0.711 bits per heavy atom. The molecular weight excluding hydrogens is 1110 g/mol. The smallest absolute Gasteiger partial charge is 0.253 e. The molecule has 0 aliphatic carbocycles. The summed E-state index contributed by atoms with van der Waals surface area (Å²) in [6, 6.07) is 30.8. The molecule has 90 heavy (non-hydrogen) atoms. The number of nitrogens with zero attached hydrogens (tertiary/aromatic N) is 11. The number of anilines is 2. The van der Waals surface area contributed by atoms with Crippen molar-refractivity contribution in [1.29, 1.82) is 0 Å². The molecule has 502 valence electrons. The largest absolute Gasteiger partial charge is 0.369 e. The standard InChI is InChI=1S/C17H26N2O.C17H28N2.C16H26N2.C15H25N3.C13H24N2/c1-5-18-10-12-19(13-11-18)16(20)14-6-8-15(9-7-14)17(2,3)4;1-5-18-10-12-19(13-11-18)14-15-6-8-16(9-7-15)17(2,3)4;1-5-17-10-12-18(13-11-17)15-8-6-14(7-9-15)16(2,3)4;1-5-17-8-10-18(11-9-17)14-7-6-13(12-16-14)15(2,3)4;1-5-14-9-11-15(12-10-14)8-6-7-13(2,3)4/h6-9H,5,10-13H2,1-4H3;6-9H,5,10-14H2,1-4H3;6-9H,5,10-13H2,1-4H3;6-7,12H,5,8-11H2,1-4H3;5,8-12H2,1-4H3. The van der Waals surface area contributed by atoms with Crippen LogP contribution in [0.3, 0.4) is 0 Å². The van der Waals surface area contributed by atoms with E-state index in [1.54, 1.807) is 0 Å². The zero-order valence-corrected chi connectivity index (χ0v) is 61.1. The maximum atomic E-state index is 12.5. The first kappa shape index (κ1) is 75.9. The van der Waals surface area contributed by atoms with Gasteiger partial charge in [-0.2, -0.15) is 0 Å². The number of rotatable bonds is 11. The van der Waals surface area contributed by atoms with E-state index in [2.05, 4.69) is 272 Å². The van der Waals surface area contributed by atoms with Crippen LogP contribution in [-0.2, 0) is 28.2 Å². The Bertz CT molecular complexity index is 2600. The summed E-state index contributed by atoms with van der Waals surface area (Å²) >= 11 is 0. The number of hydrogen-bond donors (Lipinski definition) is 0. The van der Waals surface area contributed by atoms with Gasteiger partial charge < -0.3 is 39.2 Å². The predicted octanol–water partition coefficient (Wildman–Crippen LogP) is 13.2. The first-order chi connectivity index (χ1) is 42.4. The van der Waals surface area contributed by atoms with E-state index < -0.39 is 0 Å². The number of carbonyl (C=O) groups excluding carboxylic acids is 1. The fraction of sp³-hybridized carbons (Fsp3) is 0.667. The fourth-order valence-corrected chi connectivity index (χ4v) is 11.7. The molecule has 0 bridgehead atoms. The minimum Gasteiger partial charge on any atom is -0.369 e. The highest BCUT2D eigenvalue weighted by molar-refractivity contribution is 5.94. The van der Waals surface area contributed by atoms with E-state index in [-0.39, 0.29) is 33.0 Å². The van der Waals surface area contributed by atoms with Crippen LogP contribution in [-0.4, -0.2) is 220 Å². The van der Waals surface area contributed by atoms with Crippen molar-refractivity contribution in [2.24, 2.45) is 5.41 Å². The topological polar surface area (TPSA) is 62.4 Å². The number of amides is 1. The molecule has 0 radical (unpaired) electrons. The molecule has 5 saturated heterocycles. The van der Waals surface area contributed by atoms with Gasteiger partial charge in [0, 0.05) is 160 Å². The van der Waals surface area contributed by atoms with Gasteiger partial charge in [-0.3, -0.25) is 14.6 Å². The van der Waals surface area contributed by atoms with Gasteiger partial charge in [-0.05, 0) is 133 Å². The van der Waals surface area contributed by atoms with Gasteiger partial charge in [-0.25, -0.2) is 4.98 Å². The van der Waals surface area contributed by atoms with Crippen molar-refractivity contribution in [3.05, 3.63) is 125 Å². The molecule has 6 heterocycles. The Hall–Kier alpha value is -4.84. The van der Waals surface area contributed by atoms with Crippen LogP contribution in [0.1, 0.15) is 177 Å². The molecule has 0 saturated carbocycles. The molecule has 0 unspecified atom stereocenters. The van der Waals surface area contributed by atoms with Crippen molar-refractivity contribution in [2.45, 2.75) is 167 Å². The number of hydrogen-bond acceptors (Lipinski definition) is 11. The summed E-state index contributed by atoms with van der Waals surface area (Å²) in [5.41, 5.74) is 10.0. The van der Waals surface area contributed by atoms with Gasteiger partial charge in [-0.15, -0.1) is 0 Å². The minimum absolute atomic E-state index is 0.133. The monoisotopic (exact) mass is 1240 g/mol. The second kappa shape index (κ2) is 36.0. The van der Waals surface area contributed by atoms with Crippen molar-refractivity contribution < 1.29 is 4.79 Å². The Morgan fingerprint density at radius 3 is 1.08 bits per heavy atom. The average Bonchev–Trinajstić information content (AvgIpc) is 1.09. The van der Waals surface area contributed by atoms with E-state index in [1.165, 1.54) is 119 Å². The summed E-state index contributed by atoms with van der Waals surface area (Å²) in [6.07, 6.45) is 2.03. The van der Waals surface area contributed by atoms with E-state index in [1.807, 2.05) is 23.2 Å². The van der Waals surface area contributed by atoms with Gasteiger partial charge in [0.25, 0.3) is 5.91 Å². The van der Waals surface area contributed by atoms with Crippen LogP contribution >= 0.6 is 0 Å². The number of piperazine rings is 5. The first-order valence-electron chi connectivity index (χ1n) is 35.1. The van der Waals surface area contributed by atoms with Gasteiger partial charge in [0.05, 0.1) is 6.54 Å². The molecule has 12 nitrogen and oxygen atoms in total. The molecule has 12 heteroatoms.